The second-order valence-electron chi connectivity index (χ2n) is 15.7. The van der Waals surface area contributed by atoms with Crippen molar-refractivity contribution in [2.45, 2.75) is 25.2 Å². The number of para-hydroxylation sites is 1. The SMILES string of the molecule is O=C(OCc1ccc(C2=NOC(CN3C(=O)c4ccccc4C#Cc4ccccc43)C2)cc1)N1CCN(C(=O)c2ccccc2C2=C3C=CC(O)=CC3Oc3cc(O)ccc32)CC1. The number of aliphatic hydroxyl groups is 1. The summed E-state index contributed by atoms with van der Waals surface area (Å²) in [7, 11) is 0. The first kappa shape index (κ1) is 39.1. The molecule has 0 saturated carbocycles. The number of aliphatic hydroxyl groups excluding tert-OH is 1. The van der Waals surface area contributed by atoms with Crippen LogP contribution in [0.4, 0.5) is 10.5 Å². The van der Waals surface area contributed by atoms with Gasteiger partial charge < -0.3 is 39.2 Å². The Kier molecular flexibility index (Phi) is 10.2. The quantitative estimate of drug-likeness (QED) is 0.160. The van der Waals surface area contributed by atoms with Crippen LogP contribution in [-0.2, 0) is 16.2 Å². The van der Waals surface area contributed by atoms with Crippen molar-refractivity contribution in [1.29, 1.82) is 0 Å². The predicted octanol–water partition coefficient (Wildman–Crippen LogP) is 7.61. The maximum absolute atomic E-state index is 14.2. The van der Waals surface area contributed by atoms with Crippen LogP contribution >= 0.6 is 0 Å². The summed E-state index contributed by atoms with van der Waals surface area (Å²) in [6, 6.07) is 34.9. The largest absolute Gasteiger partial charge is 0.508 e. The van der Waals surface area contributed by atoms with Crippen LogP contribution in [0.25, 0.3) is 5.57 Å². The Bertz CT molecular complexity index is 2880. The molecule has 0 radical (unpaired) electrons. The van der Waals surface area contributed by atoms with Gasteiger partial charge in [0.2, 0.25) is 0 Å². The van der Waals surface area contributed by atoms with E-state index in [0.717, 1.165) is 44.8 Å². The molecule has 0 spiro atoms. The second-order valence-corrected chi connectivity index (χ2v) is 15.7. The first-order chi connectivity index (χ1) is 30.8. The van der Waals surface area contributed by atoms with Gasteiger partial charge in [0.05, 0.1) is 23.5 Å². The Hall–Kier alpha value is -8.04. The fourth-order valence-electron chi connectivity index (χ4n) is 8.55. The molecular formula is C51H40N4O8. The number of benzene rings is 5. The number of nitrogens with zero attached hydrogens (tertiary/aromatic N) is 4. The molecule has 5 aromatic rings. The molecule has 2 N–H and O–H groups in total. The molecule has 5 aliphatic rings. The van der Waals surface area contributed by atoms with Crippen LogP contribution in [0.1, 0.15) is 60.5 Å². The number of oxime groups is 1. The Labute approximate surface area is 363 Å². The molecule has 1 aliphatic carbocycles. The molecule has 4 aliphatic heterocycles. The lowest BCUT2D eigenvalue weighted by atomic mass is 9.84. The van der Waals surface area contributed by atoms with Gasteiger partial charge in [-0.2, -0.15) is 0 Å². The maximum Gasteiger partial charge on any atom is 0.410 e. The zero-order chi connectivity index (χ0) is 43.0. The number of hydrogen-bond donors (Lipinski definition) is 2. The van der Waals surface area contributed by atoms with E-state index in [9.17, 15) is 24.6 Å². The minimum absolute atomic E-state index is 0.0421. The molecule has 1 fully saturated rings. The van der Waals surface area contributed by atoms with E-state index >= 15 is 0 Å². The van der Waals surface area contributed by atoms with Crippen molar-refractivity contribution >= 4 is 34.9 Å². The van der Waals surface area contributed by atoms with Crippen LogP contribution < -0.4 is 9.64 Å². The summed E-state index contributed by atoms with van der Waals surface area (Å²) in [6.45, 7) is 1.62. The standard InChI is InChI=1S/C51H40N4O8/c56-36-19-21-42-46(27-36)62-47-28-37(57)20-22-43(47)48(42)40-10-4-5-11-41(40)49(58)53-23-25-54(26-24-53)51(60)61-31-32-13-15-34(16-14-32)44-29-38(63-52-44)30-55-45-12-6-2-8-35(45)18-17-33-7-1-3-9-39(33)50(55)59/h1-16,19-22,27-28,38,46,56-57H,23-26,29-31H2. The van der Waals surface area contributed by atoms with Crippen LogP contribution in [-0.4, -0.2) is 88.6 Å². The first-order valence-corrected chi connectivity index (χ1v) is 20.7. The number of amides is 3. The number of anilines is 1. The summed E-state index contributed by atoms with van der Waals surface area (Å²) in [5.41, 5.74) is 8.63. The van der Waals surface area contributed by atoms with E-state index in [1.54, 1.807) is 57.2 Å². The van der Waals surface area contributed by atoms with Gasteiger partial charge >= 0.3 is 6.09 Å². The van der Waals surface area contributed by atoms with E-state index in [1.807, 2.05) is 84.9 Å². The summed E-state index contributed by atoms with van der Waals surface area (Å²) in [5.74, 6) is 6.61. The molecule has 312 valence electrons. The third-order valence-electron chi connectivity index (χ3n) is 11.8. The summed E-state index contributed by atoms with van der Waals surface area (Å²) in [6.07, 6.45) is 4.05. The molecule has 12 heteroatoms. The smallest absolute Gasteiger partial charge is 0.410 e. The average Bonchev–Trinajstić information content (AvgIpc) is 3.79. The molecule has 4 heterocycles. The second kappa shape index (κ2) is 16.4. The van der Waals surface area contributed by atoms with Crippen molar-refractivity contribution in [3.63, 3.8) is 0 Å². The van der Waals surface area contributed by atoms with Crippen molar-refractivity contribution in [1.82, 2.24) is 9.80 Å². The van der Waals surface area contributed by atoms with Crippen molar-refractivity contribution in [3.8, 4) is 23.3 Å². The van der Waals surface area contributed by atoms with Crippen LogP contribution in [0.15, 0.2) is 150 Å². The molecule has 5 aromatic carbocycles. The average molecular weight is 837 g/mol. The number of allylic oxidation sites excluding steroid dienone is 1. The monoisotopic (exact) mass is 836 g/mol. The number of hydrogen-bond acceptors (Lipinski definition) is 9. The zero-order valence-electron chi connectivity index (χ0n) is 33.9. The lowest BCUT2D eigenvalue weighted by molar-refractivity contribution is 0.0543. The van der Waals surface area contributed by atoms with E-state index in [0.29, 0.717) is 67.1 Å². The maximum atomic E-state index is 14.2. The number of phenolic OH excluding ortho intramolecular Hbond substituents is 1. The van der Waals surface area contributed by atoms with E-state index in [2.05, 4.69) is 17.0 Å². The molecule has 10 rings (SSSR count). The molecule has 3 amide bonds. The van der Waals surface area contributed by atoms with Gasteiger partial charge in [-0.1, -0.05) is 89.8 Å². The number of carbonyl (C=O) groups excluding carboxylic acids is 3. The van der Waals surface area contributed by atoms with Crippen LogP contribution in [0, 0.1) is 11.8 Å². The lowest BCUT2D eigenvalue weighted by Gasteiger charge is -2.35. The number of piperazine rings is 1. The highest BCUT2D eigenvalue weighted by Crippen LogP contribution is 2.44. The molecule has 12 nitrogen and oxygen atoms in total. The normalized spacial score (nSPS) is 18.5. The molecule has 63 heavy (non-hydrogen) atoms. The van der Waals surface area contributed by atoms with E-state index < -0.39 is 12.2 Å². The highest BCUT2D eigenvalue weighted by atomic mass is 16.6. The van der Waals surface area contributed by atoms with E-state index in [-0.39, 0.29) is 36.0 Å². The van der Waals surface area contributed by atoms with E-state index in [4.69, 9.17) is 14.3 Å². The molecular weight excluding hydrogens is 797 g/mol. The lowest BCUT2D eigenvalue weighted by Crippen LogP contribution is -2.50. The van der Waals surface area contributed by atoms with Gasteiger partial charge in [-0.25, -0.2) is 4.79 Å². The highest BCUT2D eigenvalue weighted by Gasteiger charge is 2.34. The number of ether oxygens (including phenoxy) is 2. The molecule has 0 aromatic heterocycles. The van der Waals surface area contributed by atoms with Crippen LogP contribution in [0.2, 0.25) is 0 Å². The van der Waals surface area contributed by atoms with Gasteiger partial charge in [0.1, 0.15) is 30.0 Å². The number of aromatic hydroxyl groups is 1. The number of rotatable bonds is 7. The van der Waals surface area contributed by atoms with Gasteiger partial charge in [-0.05, 0) is 65.2 Å². The molecule has 1 saturated heterocycles. The van der Waals surface area contributed by atoms with E-state index in [1.165, 1.54) is 6.07 Å². The summed E-state index contributed by atoms with van der Waals surface area (Å²) in [5, 5.41) is 24.8. The Morgan fingerprint density at radius 3 is 2.32 bits per heavy atom. The van der Waals surface area contributed by atoms with Crippen molar-refractivity contribution in [2.75, 3.05) is 37.6 Å². The minimum Gasteiger partial charge on any atom is -0.508 e. The number of fused-ring (bicyclic) bond motifs is 4. The minimum atomic E-state index is -0.603. The van der Waals surface area contributed by atoms with Gasteiger partial charge in [0.25, 0.3) is 11.8 Å². The molecule has 0 bridgehead atoms. The van der Waals surface area contributed by atoms with Crippen molar-refractivity contribution in [3.05, 3.63) is 189 Å². The number of carbonyl (C=O) groups is 3. The third kappa shape index (κ3) is 7.65. The van der Waals surface area contributed by atoms with Crippen molar-refractivity contribution < 1.29 is 38.9 Å². The molecule has 2 atom stereocenters. The first-order valence-electron chi connectivity index (χ1n) is 20.7. The highest BCUT2D eigenvalue weighted by molar-refractivity contribution is 6.09. The fraction of sp³-hybridized carbons (Fsp3) is 0.176. The summed E-state index contributed by atoms with van der Waals surface area (Å²) < 4.78 is 11.9. The topological polar surface area (TPSA) is 141 Å². The fourth-order valence-corrected chi connectivity index (χ4v) is 8.55. The van der Waals surface area contributed by atoms with Gasteiger partial charge in [0.15, 0.2) is 6.10 Å². The molecule has 2 unspecified atom stereocenters. The number of phenols is 1. The van der Waals surface area contributed by atoms with Gasteiger partial charge in [-0.3, -0.25) is 9.59 Å². The van der Waals surface area contributed by atoms with Gasteiger partial charge in [-0.15, -0.1) is 0 Å². The Morgan fingerprint density at radius 1 is 0.778 bits per heavy atom. The zero-order valence-corrected chi connectivity index (χ0v) is 33.9. The predicted molar refractivity (Wildman–Crippen MR) is 236 cm³/mol. The summed E-state index contributed by atoms with van der Waals surface area (Å²) in [4.78, 5) is 52.2. The van der Waals surface area contributed by atoms with Crippen LogP contribution in [0.3, 0.4) is 0 Å². The summed E-state index contributed by atoms with van der Waals surface area (Å²) >= 11 is 0. The van der Waals surface area contributed by atoms with Crippen LogP contribution in [0.5, 0.6) is 11.5 Å². The Morgan fingerprint density at radius 2 is 1.49 bits per heavy atom. The van der Waals surface area contributed by atoms with Gasteiger partial charge in [0, 0.05) is 78.1 Å². The van der Waals surface area contributed by atoms with Crippen molar-refractivity contribution in [2.24, 2.45) is 5.16 Å². The Balaban J connectivity index is 0.747. The third-order valence-corrected chi connectivity index (χ3v) is 11.8.